The third-order valence-electron chi connectivity index (χ3n) is 2.99. The van der Waals surface area contributed by atoms with Crippen molar-refractivity contribution < 1.29 is 13.9 Å². The van der Waals surface area contributed by atoms with Gasteiger partial charge in [0.15, 0.2) is 0 Å². The minimum atomic E-state index is -0.225. The minimum absolute atomic E-state index is 0.225. The number of nitrogens with one attached hydrogen (secondary N) is 1. The summed E-state index contributed by atoms with van der Waals surface area (Å²) in [4.78, 5) is 0. The lowest BCUT2D eigenvalue weighted by molar-refractivity contribution is 0.199. The maximum atomic E-state index is 13.2. The van der Waals surface area contributed by atoms with Gasteiger partial charge in [-0.25, -0.2) is 4.39 Å². The summed E-state index contributed by atoms with van der Waals surface area (Å²) in [7, 11) is 1.66. The van der Waals surface area contributed by atoms with Crippen molar-refractivity contribution in [1.82, 2.24) is 5.32 Å². The van der Waals surface area contributed by atoms with E-state index in [2.05, 4.69) is 5.32 Å². The molecule has 1 aliphatic carbocycles. The molecule has 18 heavy (non-hydrogen) atoms. The molecule has 0 aliphatic heterocycles. The molecule has 0 unspecified atom stereocenters. The molecule has 0 radical (unpaired) electrons. The summed E-state index contributed by atoms with van der Waals surface area (Å²) >= 11 is 0. The van der Waals surface area contributed by atoms with Crippen molar-refractivity contribution in [2.75, 3.05) is 26.9 Å². The van der Waals surface area contributed by atoms with Gasteiger partial charge in [-0.05, 0) is 37.0 Å². The topological polar surface area (TPSA) is 30.5 Å². The van der Waals surface area contributed by atoms with Crippen LogP contribution in [0, 0.1) is 11.7 Å². The number of halogens is 1. The summed E-state index contributed by atoms with van der Waals surface area (Å²) in [6.07, 6.45) is 2.51. The quantitative estimate of drug-likeness (QED) is 0.721. The van der Waals surface area contributed by atoms with E-state index < -0.39 is 0 Å². The molecule has 0 aromatic heterocycles. The highest BCUT2D eigenvalue weighted by Gasteiger charge is 2.22. The molecule has 2 rings (SSSR count). The van der Waals surface area contributed by atoms with Crippen molar-refractivity contribution >= 4 is 0 Å². The number of hydrogen-bond donors (Lipinski definition) is 1. The van der Waals surface area contributed by atoms with Crippen LogP contribution in [0.1, 0.15) is 18.4 Å². The van der Waals surface area contributed by atoms with E-state index in [9.17, 15) is 4.39 Å². The fourth-order valence-electron chi connectivity index (χ4n) is 1.72. The van der Waals surface area contributed by atoms with Gasteiger partial charge < -0.3 is 14.8 Å². The largest absolute Gasteiger partial charge is 0.493 e. The SMILES string of the molecule is COCCNCc1cc(F)ccc1OCC1CC1. The van der Waals surface area contributed by atoms with Gasteiger partial charge in [0.25, 0.3) is 0 Å². The zero-order valence-corrected chi connectivity index (χ0v) is 10.7. The van der Waals surface area contributed by atoms with Crippen molar-refractivity contribution in [2.24, 2.45) is 5.92 Å². The van der Waals surface area contributed by atoms with Gasteiger partial charge in [0.2, 0.25) is 0 Å². The molecule has 1 fully saturated rings. The summed E-state index contributed by atoms with van der Waals surface area (Å²) in [6, 6.07) is 4.69. The average molecular weight is 253 g/mol. The molecule has 1 aliphatic rings. The van der Waals surface area contributed by atoms with E-state index >= 15 is 0 Å². The third-order valence-corrected chi connectivity index (χ3v) is 2.99. The van der Waals surface area contributed by atoms with Crippen molar-refractivity contribution in [3.8, 4) is 5.75 Å². The zero-order chi connectivity index (χ0) is 12.8. The molecule has 0 bridgehead atoms. The average Bonchev–Trinajstić information content (AvgIpc) is 3.17. The molecule has 1 N–H and O–H groups in total. The maximum absolute atomic E-state index is 13.2. The van der Waals surface area contributed by atoms with Crippen LogP contribution in [0.5, 0.6) is 5.75 Å². The van der Waals surface area contributed by atoms with Crippen LogP contribution in [0.4, 0.5) is 4.39 Å². The van der Waals surface area contributed by atoms with Gasteiger partial charge in [-0.1, -0.05) is 0 Å². The van der Waals surface area contributed by atoms with E-state index in [0.717, 1.165) is 24.5 Å². The molecule has 0 saturated heterocycles. The molecule has 0 amide bonds. The standard InChI is InChI=1S/C14H20FNO2/c1-17-7-6-16-9-12-8-13(15)4-5-14(12)18-10-11-2-3-11/h4-5,8,11,16H,2-3,6-7,9-10H2,1H3. The molecule has 0 heterocycles. The van der Waals surface area contributed by atoms with E-state index in [1.165, 1.54) is 25.0 Å². The van der Waals surface area contributed by atoms with Gasteiger partial charge in [0.05, 0.1) is 13.2 Å². The van der Waals surface area contributed by atoms with Gasteiger partial charge in [0.1, 0.15) is 11.6 Å². The van der Waals surface area contributed by atoms with Gasteiger partial charge >= 0.3 is 0 Å². The Morgan fingerprint density at radius 2 is 2.22 bits per heavy atom. The summed E-state index contributed by atoms with van der Waals surface area (Å²) in [5, 5.41) is 3.20. The van der Waals surface area contributed by atoms with Gasteiger partial charge in [-0.15, -0.1) is 0 Å². The fourth-order valence-corrected chi connectivity index (χ4v) is 1.72. The Morgan fingerprint density at radius 3 is 2.94 bits per heavy atom. The highest BCUT2D eigenvalue weighted by atomic mass is 19.1. The van der Waals surface area contributed by atoms with E-state index in [-0.39, 0.29) is 5.82 Å². The summed E-state index contributed by atoms with van der Waals surface area (Å²) in [5.74, 6) is 1.26. The Bertz CT molecular complexity index is 380. The van der Waals surface area contributed by atoms with Crippen molar-refractivity contribution in [3.05, 3.63) is 29.6 Å². The van der Waals surface area contributed by atoms with Crippen LogP contribution in [0.3, 0.4) is 0 Å². The molecule has 1 saturated carbocycles. The van der Waals surface area contributed by atoms with Crippen LogP contribution >= 0.6 is 0 Å². The third kappa shape index (κ3) is 4.27. The van der Waals surface area contributed by atoms with E-state index in [1.807, 2.05) is 0 Å². The number of ether oxygens (including phenoxy) is 2. The second-order valence-electron chi connectivity index (χ2n) is 4.68. The smallest absolute Gasteiger partial charge is 0.123 e. The monoisotopic (exact) mass is 253 g/mol. The summed E-state index contributed by atoms with van der Waals surface area (Å²) in [5.41, 5.74) is 0.867. The van der Waals surface area contributed by atoms with Crippen LogP contribution < -0.4 is 10.1 Å². The van der Waals surface area contributed by atoms with Crippen molar-refractivity contribution in [3.63, 3.8) is 0 Å². The van der Waals surface area contributed by atoms with E-state index in [0.29, 0.717) is 19.1 Å². The summed E-state index contributed by atoms with van der Waals surface area (Å²) in [6.45, 7) is 2.74. The highest BCUT2D eigenvalue weighted by molar-refractivity contribution is 5.34. The van der Waals surface area contributed by atoms with Crippen LogP contribution in [-0.4, -0.2) is 26.9 Å². The molecule has 0 spiro atoms. The molecular weight excluding hydrogens is 233 g/mol. The molecule has 4 heteroatoms. The van der Waals surface area contributed by atoms with Crippen LogP contribution in [0.15, 0.2) is 18.2 Å². The number of hydrogen-bond acceptors (Lipinski definition) is 3. The lowest BCUT2D eigenvalue weighted by Gasteiger charge is -2.12. The Morgan fingerprint density at radius 1 is 1.39 bits per heavy atom. The first kappa shape index (κ1) is 13.3. The molecular formula is C14H20FNO2. The highest BCUT2D eigenvalue weighted by Crippen LogP contribution is 2.30. The molecule has 1 aromatic carbocycles. The second kappa shape index (κ2) is 6.71. The van der Waals surface area contributed by atoms with Crippen LogP contribution in [-0.2, 0) is 11.3 Å². The van der Waals surface area contributed by atoms with E-state index in [4.69, 9.17) is 9.47 Å². The summed E-state index contributed by atoms with van der Waals surface area (Å²) < 4.78 is 23.9. The molecule has 100 valence electrons. The van der Waals surface area contributed by atoms with E-state index in [1.54, 1.807) is 13.2 Å². The lowest BCUT2D eigenvalue weighted by Crippen LogP contribution is -2.19. The number of methoxy groups -OCH3 is 1. The molecule has 0 atom stereocenters. The maximum Gasteiger partial charge on any atom is 0.123 e. The van der Waals surface area contributed by atoms with Crippen molar-refractivity contribution in [2.45, 2.75) is 19.4 Å². The first-order chi connectivity index (χ1) is 8.79. The Labute approximate surface area is 107 Å². The second-order valence-corrected chi connectivity index (χ2v) is 4.68. The fraction of sp³-hybridized carbons (Fsp3) is 0.571. The minimum Gasteiger partial charge on any atom is -0.493 e. The Balaban J connectivity index is 1.89. The van der Waals surface area contributed by atoms with Crippen LogP contribution in [0.2, 0.25) is 0 Å². The Kier molecular flexibility index (Phi) is 4.96. The number of benzene rings is 1. The van der Waals surface area contributed by atoms with Gasteiger partial charge in [-0.3, -0.25) is 0 Å². The van der Waals surface area contributed by atoms with Crippen molar-refractivity contribution in [1.29, 1.82) is 0 Å². The number of rotatable bonds is 8. The normalized spacial score (nSPS) is 14.8. The zero-order valence-electron chi connectivity index (χ0n) is 10.7. The predicted molar refractivity (Wildman–Crippen MR) is 68.2 cm³/mol. The predicted octanol–water partition coefficient (Wildman–Crippen LogP) is 2.35. The van der Waals surface area contributed by atoms with Gasteiger partial charge in [0, 0.05) is 25.8 Å². The Hall–Kier alpha value is -1.13. The molecule has 1 aromatic rings. The lowest BCUT2D eigenvalue weighted by atomic mass is 10.2. The first-order valence-corrected chi connectivity index (χ1v) is 6.40. The van der Waals surface area contributed by atoms with Gasteiger partial charge in [-0.2, -0.15) is 0 Å². The molecule has 3 nitrogen and oxygen atoms in total. The van der Waals surface area contributed by atoms with Crippen LogP contribution in [0.25, 0.3) is 0 Å². The first-order valence-electron chi connectivity index (χ1n) is 6.40.